The molecule has 0 aliphatic heterocycles. The van der Waals surface area contributed by atoms with Crippen molar-refractivity contribution in [1.82, 2.24) is 0 Å². The zero-order chi connectivity index (χ0) is 2.71. The van der Waals surface area contributed by atoms with Gasteiger partial charge in [-0.15, -0.1) is 0 Å². The van der Waals surface area contributed by atoms with Gasteiger partial charge in [0, 0.05) is 28.0 Å². The first kappa shape index (κ1) is 18.9. The summed E-state index contributed by atoms with van der Waals surface area (Å²) in [6, 6.07) is 0. The molecule has 0 spiro atoms. The van der Waals surface area contributed by atoms with Gasteiger partial charge in [0.1, 0.15) is 0 Å². The summed E-state index contributed by atoms with van der Waals surface area (Å²) in [5.74, 6) is 0. The number of hydrogen-bond acceptors (Lipinski definition) is 1. The molecule has 0 atom stereocenters. The Morgan fingerprint density at radius 3 is 1.60 bits per heavy atom. The van der Waals surface area contributed by atoms with E-state index in [4.69, 9.17) is 9.90 Å². The normalized spacial score (nSPS) is 2.40. The summed E-state index contributed by atoms with van der Waals surface area (Å²) in [5.41, 5.74) is 0. The van der Waals surface area contributed by atoms with E-state index in [1.807, 2.05) is 0 Å². The van der Waals surface area contributed by atoms with Gasteiger partial charge in [-0.25, -0.2) is 0 Å². The van der Waals surface area contributed by atoms with Crippen molar-refractivity contribution in [3.63, 3.8) is 0 Å². The van der Waals surface area contributed by atoms with Crippen LogP contribution in [0.25, 0.3) is 0 Å². The molecule has 0 aliphatic rings. The van der Waals surface area contributed by atoms with Crippen molar-refractivity contribution in [3.8, 4) is 0 Å². The zero-order valence-corrected chi connectivity index (χ0v) is 4.31. The second-order valence-electron chi connectivity index (χ2n) is 0.0913. The predicted octanol–water partition coefficient (Wildman–Crippen LogP) is -0.772. The van der Waals surface area contributed by atoms with E-state index in [1.165, 1.54) is 0 Å². The van der Waals surface area contributed by atoms with E-state index >= 15 is 0 Å². The van der Waals surface area contributed by atoms with Gasteiger partial charge in [-0.05, 0) is 0 Å². The van der Waals surface area contributed by atoms with E-state index in [0.29, 0.717) is 6.47 Å². The van der Waals surface area contributed by atoms with Gasteiger partial charge in [0.2, 0.25) is 0 Å². The fourth-order valence-electron chi connectivity index (χ4n) is 0. The van der Waals surface area contributed by atoms with Crippen LogP contribution in [0.2, 0.25) is 0 Å². The van der Waals surface area contributed by atoms with Crippen LogP contribution in [0.15, 0.2) is 0 Å². The minimum atomic E-state index is 0. The quantitative estimate of drug-likeness (QED) is 0.344. The minimum absolute atomic E-state index is 0. The second-order valence-corrected chi connectivity index (χ2v) is 0.0913. The van der Waals surface area contributed by atoms with Crippen LogP contribution in [0.5, 0.6) is 0 Å². The van der Waals surface area contributed by atoms with E-state index in [0.717, 1.165) is 0 Å². The van der Waals surface area contributed by atoms with Gasteiger partial charge in [0.15, 0.2) is 0 Å². The molecule has 4 radical (unpaired) electrons. The first-order valence-electron chi connectivity index (χ1n) is 0.428. The van der Waals surface area contributed by atoms with Crippen LogP contribution in [0.1, 0.15) is 0 Å². The van der Waals surface area contributed by atoms with Crippen LogP contribution in [-0.2, 0) is 21.9 Å². The maximum atomic E-state index is 8.24. The number of hydrogen-bond donors (Lipinski definition) is 1. The van der Waals surface area contributed by atoms with Crippen molar-refractivity contribution in [2.75, 3.05) is 0 Å². The Morgan fingerprint density at radius 2 is 1.60 bits per heavy atom. The van der Waals surface area contributed by atoms with Gasteiger partial charge >= 0.3 is 0 Å². The molecule has 4 heteroatoms. The fourth-order valence-corrected chi connectivity index (χ4v) is 0. The van der Waals surface area contributed by atoms with E-state index < -0.39 is 0 Å². The van der Waals surface area contributed by atoms with Gasteiger partial charge in [-0.1, -0.05) is 6.47 Å². The van der Waals surface area contributed by atoms with Crippen molar-refractivity contribution in [2.45, 2.75) is 0 Å². The second kappa shape index (κ2) is 29.7. The summed E-state index contributed by atoms with van der Waals surface area (Å²) >= 11 is 0. The molecule has 0 unspecified atom stereocenters. The molecule has 0 saturated carbocycles. The average Bonchev–Trinajstić information content (AvgIpc) is 0.918. The Bertz CT molecular complexity index is 17.1. The Balaban J connectivity index is -0.0000000200. The summed E-state index contributed by atoms with van der Waals surface area (Å²) in [6.45, 7) is 0.500. The van der Waals surface area contributed by atoms with E-state index in [9.17, 15) is 0 Å². The first-order chi connectivity index (χ1) is 1.41. The van der Waals surface area contributed by atoms with Crippen LogP contribution in [0, 0.1) is 0 Å². The van der Waals surface area contributed by atoms with Crippen LogP contribution in [0.4, 0.5) is 0 Å². The average molecular weight is 129 g/mol. The molecule has 0 heterocycles. The minimum Gasteiger partial charge on any atom is -0.665 e. The van der Waals surface area contributed by atoms with Crippen LogP contribution in [-0.4, -0.2) is 22.5 Å². The molecule has 0 aromatic rings. The molecule has 0 rings (SSSR count). The molecule has 0 fully saturated rings. The Labute approximate surface area is 45.1 Å². The van der Waals surface area contributed by atoms with Gasteiger partial charge in [0.25, 0.3) is 0 Å². The molecule has 30 valence electrons. The van der Waals surface area contributed by atoms with Crippen molar-refractivity contribution in [1.29, 1.82) is 0 Å². The van der Waals surface area contributed by atoms with E-state index in [1.54, 1.807) is 0 Å². The third kappa shape index (κ3) is 481. The third-order valence-corrected chi connectivity index (χ3v) is 0. The number of aliphatic hydroxyl groups excluding tert-OH is 1. The summed E-state index contributed by atoms with van der Waals surface area (Å²) in [7, 11) is 0. The topological polar surface area (TPSA) is 37.3 Å². The van der Waals surface area contributed by atoms with Crippen LogP contribution >= 0.6 is 0 Å². The van der Waals surface area contributed by atoms with E-state index in [2.05, 4.69) is 0 Å². The van der Waals surface area contributed by atoms with Gasteiger partial charge in [-0.2, -0.15) is 0 Å². The maximum absolute atomic E-state index is 8.24. The summed E-state index contributed by atoms with van der Waals surface area (Å²) in [4.78, 5) is 8.24. The van der Waals surface area contributed by atoms with Crippen molar-refractivity contribution in [3.05, 3.63) is 0 Å². The molecule has 0 aromatic heterocycles. The SMILES string of the molecule is O=[C-]O.[Fe].[Si]. The van der Waals surface area contributed by atoms with E-state index in [-0.39, 0.29) is 28.0 Å². The molecular weight excluding hydrogens is 128 g/mol. The smallest absolute Gasteiger partial charge is 0 e. The Hall–Kier alpha value is 0.206. The Morgan fingerprint density at radius 1 is 1.60 bits per heavy atom. The standard InChI is InChI=1S/CHO2.Fe.Si/c2-1-3;;/h(H,2,3);;/q-1;;. The molecule has 0 amide bonds. The molecule has 0 aliphatic carbocycles. The van der Waals surface area contributed by atoms with Gasteiger partial charge < -0.3 is 9.90 Å². The molecule has 2 nitrogen and oxygen atoms in total. The summed E-state index contributed by atoms with van der Waals surface area (Å²) in [5, 5.41) is 6.76. The number of rotatable bonds is 0. The molecule has 0 saturated heterocycles. The first-order valence-corrected chi connectivity index (χ1v) is 0.428. The third-order valence-electron chi connectivity index (χ3n) is 0. The molecule has 5 heavy (non-hydrogen) atoms. The van der Waals surface area contributed by atoms with Crippen molar-refractivity contribution in [2.24, 2.45) is 0 Å². The van der Waals surface area contributed by atoms with Crippen molar-refractivity contribution < 1.29 is 27.0 Å². The summed E-state index contributed by atoms with van der Waals surface area (Å²) < 4.78 is 0. The maximum Gasteiger partial charge on any atom is 0 e. The molecule has 0 aromatic carbocycles. The van der Waals surface area contributed by atoms with Crippen molar-refractivity contribution >= 4 is 17.4 Å². The van der Waals surface area contributed by atoms with Crippen LogP contribution in [0.3, 0.4) is 0 Å². The molecule has 0 bridgehead atoms. The fraction of sp³-hybridized carbons (Fsp3) is 0. The summed E-state index contributed by atoms with van der Waals surface area (Å²) in [6.07, 6.45) is 0. The largest absolute Gasteiger partial charge is 0.665 e. The molecule has 1 N–H and O–H groups in total. The van der Waals surface area contributed by atoms with Gasteiger partial charge in [0.05, 0.1) is 0 Å². The monoisotopic (exact) mass is 129 g/mol. The zero-order valence-electron chi connectivity index (χ0n) is 2.21. The van der Waals surface area contributed by atoms with Crippen LogP contribution < -0.4 is 0 Å². The Kier molecular flexibility index (Phi) is 112. The molecular formula is CHFeO2Si-. The van der Waals surface area contributed by atoms with Gasteiger partial charge in [-0.3, -0.25) is 0 Å². The predicted molar refractivity (Wildman–Crippen MR) is 14.1 cm³/mol.